The van der Waals surface area contributed by atoms with Gasteiger partial charge in [-0.3, -0.25) is 10.0 Å². The number of nitrogens with one attached hydrogen (secondary N) is 2. The Balaban J connectivity index is 2.31. The van der Waals surface area contributed by atoms with Crippen molar-refractivity contribution in [3.8, 4) is 0 Å². The Kier molecular flexibility index (Phi) is 4.80. The van der Waals surface area contributed by atoms with E-state index in [1.807, 2.05) is 4.72 Å². The molecule has 0 aliphatic heterocycles. The summed E-state index contributed by atoms with van der Waals surface area (Å²) in [5.41, 5.74) is 0.257. The Morgan fingerprint density at radius 2 is 1.61 bits per heavy atom. The number of sulfonamides is 1. The number of halogens is 2. The maximum atomic E-state index is 13.6. The van der Waals surface area contributed by atoms with Gasteiger partial charge in [0.15, 0.2) is 4.90 Å². The van der Waals surface area contributed by atoms with E-state index in [1.165, 1.54) is 31.4 Å². The van der Waals surface area contributed by atoms with Crippen molar-refractivity contribution in [1.82, 2.24) is 0 Å². The molecule has 2 aromatic rings. The van der Waals surface area contributed by atoms with Gasteiger partial charge in [-0.1, -0.05) is 12.1 Å². The molecule has 0 atom stereocenters. The number of hydrogen-bond donors (Lipinski definition) is 2. The minimum absolute atomic E-state index is 0.0153. The number of carbonyl (C=O) groups excluding carboxylic acids is 1. The third-order valence-corrected chi connectivity index (χ3v) is 4.17. The lowest BCUT2D eigenvalue weighted by molar-refractivity contribution is 0.187. The Bertz CT molecular complexity index is 820. The minimum Gasteiger partial charge on any atom is -0.453 e. The van der Waals surface area contributed by atoms with E-state index in [9.17, 15) is 22.0 Å². The number of ether oxygens (including phenoxy) is 1. The zero-order valence-electron chi connectivity index (χ0n) is 11.8. The standard InChI is InChI=1S/C14H12F2N2O4S/c1-22-14(19)17-9-4-2-5-10(8-9)18-23(20,21)13-11(15)6-3-7-12(13)16/h2-8,18H,1H3,(H,17,19). The molecule has 6 nitrogen and oxygen atoms in total. The maximum absolute atomic E-state index is 13.6. The lowest BCUT2D eigenvalue weighted by Gasteiger charge is -2.11. The number of benzene rings is 2. The molecule has 2 aromatic carbocycles. The second-order valence-electron chi connectivity index (χ2n) is 4.35. The van der Waals surface area contributed by atoms with E-state index in [0.717, 1.165) is 18.2 Å². The molecular weight excluding hydrogens is 330 g/mol. The first-order valence-electron chi connectivity index (χ1n) is 6.25. The third-order valence-electron chi connectivity index (χ3n) is 2.73. The molecular formula is C14H12F2N2O4S. The first-order chi connectivity index (χ1) is 10.8. The number of carbonyl (C=O) groups is 1. The average Bonchev–Trinajstić information content (AvgIpc) is 2.46. The van der Waals surface area contributed by atoms with Gasteiger partial charge in [-0.2, -0.15) is 0 Å². The van der Waals surface area contributed by atoms with Gasteiger partial charge in [-0.05, 0) is 30.3 Å². The molecule has 0 saturated heterocycles. The molecule has 0 saturated carbocycles. The zero-order valence-corrected chi connectivity index (χ0v) is 12.7. The van der Waals surface area contributed by atoms with Crippen LogP contribution in [-0.2, 0) is 14.8 Å². The van der Waals surface area contributed by atoms with Gasteiger partial charge in [-0.15, -0.1) is 0 Å². The minimum atomic E-state index is -4.47. The number of amides is 1. The van der Waals surface area contributed by atoms with Crippen LogP contribution in [0.2, 0.25) is 0 Å². The summed E-state index contributed by atoms with van der Waals surface area (Å²) in [6.07, 6.45) is -0.745. The highest BCUT2D eigenvalue weighted by Gasteiger charge is 2.23. The van der Waals surface area contributed by atoms with Gasteiger partial charge in [0.2, 0.25) is 0 Å². The molecule has 0 aromatic heterocycles. The van der Waals surface area contributed by atoms with Crippen molar-refractivity contribution in [2.45, 2.75) is 4.90 Å². The summed E-state index contributed by atoms with van der Waals surface area (Å²) < 4.78 is 57.9. The molecule has 9 heteroatoms. The summed E-state index contributed by atoms with van der Waals surface area (Å²) in [7, 11) is -3.30. The van der Waals surface area contributed by atoms with Crippen molar-refractivity contribution in [2.75, 3.05) is 17.1 Å². The monoisotopic (exact) mass is 342 g/mol. The number of hydrogen-bond acceptors (Lipinski definition) is 4. The van der Waals surface area contributed by atoms with Crippen LogP contribution in [0.15, 0.2) is 47.4 Å². The maximum Gasteiger partial charge on any atom is 0.411 e. The lowest BCUT2D eigenvalue weighted by Crippen LogP contribution is -2.17. The van der Waals surface area contributed by atoms with E-state index < -0.39 is 32.6 Å². The van der Waals surface area contributed by atoms with Crippen LogP contribution in [0.4, 0.5) is 25.0 Å². The van der Waals surface area contributed by atoms with Crippen LogP contribution in [0.5, 0.6) is 0 Å². The molecule has 23 heavy (non-hydrogen) atoms. The molecule has 0 spiro atoms. The topological polar surface area (TPSA) is 84.5 Å². The highest BCUT2D eigenvalue weighted by Crippen LogP contribution is 2.23. The van der Waals surface area contributed by atoms with Crippen molar-refractivity contribution >= 4 is 27.5 Å². The molecule has 0 bridgehead atoms. The van der Waals surface area contributed by atoms with Crippen LogP contribution < -0.4 is 10.0 Å². The van der Waals surface area contributed by atoms with Gasteiger partial charge in [0, 0.05) is 5.69 Å². The summed E-state index contributed by atoms with van der Waals surface area (Å²) in [5.74, 6) is -2.41. The zero-order chi connectivity index (χ0) is 17.0. The first kappa shape index (κ1) is 16.7. The SMILES string of the molecule is COC(=O)Nc1cccc(NS(=O)(=O)c2c(F)cccc2F)c1. The van der Waals surface area contributed by atoms with E-state index in [4.69, 9.17) is 0 Å². The van der Waals surface area contributed by atoms with Crippen LogP contribution in [-0.4, -0.2) is 21.6 Å². The molecule has 1 amide bonds. The Morgan fingerprint density at radius 3 is 2.22 bits per heavy atom. The Hall–Kier alpha value is -2.68. The molecule has 2 rings (SSSR count). The molecule has 122 valence electrons. The van der Waals surface area contributed by atoms with Gasteiger partial charge >= 0.3 is 6.09 Å². The number of rotatable bonds is 4. The van der Waals surface area contributed by atoms with E-state index in [0.29, 0.717) is 0 Å². The van der Waals surface area contributed by atoms with Gasteiger partial charge < -0.3 is 4.74 Å². The molecule has 0 aliphatic rings. The van der Waals surface area contributed by atoms with Crippen molar-refractivity contribution in [3.63, 3.8) is 0 Å². The van der Waals surface area contributed by atoms with Gasteiger partial charge in [0.1, 0.15) is 11.6 Å². The summed E-state index contributed by atoms with van der Waals surface area (Å²) >= 11 is 0. The normalized spacial score (nSPS) is 10.9. The summed E-state index contributed by atoms with van der Waals surface area (Å²) in [5, 5.41) is 2.34. The van der Waals surface area contributed by atoms with Crippen molar-refractivity contribution in [2.24, 2.45) is 0 Å². The fourth-order valence-electron chi connectivity index (χ4n) is 1.77. The van der Waals surface area contributed by atoms with E-state index in [2.05, 4.69) is 10.1 Å². The summed E-state index contributed by atoms with van der Waals surface area (Å²) in [4.78, 5) is 10.0. The second-order valence-corrected chi connectivity index (χ2v) is 5.97. The molecule has 0 aliphatic carbocycles. The van der Waals surface area contributed by atoms with Crippen molar-refractivity contribution in [1.29, 1.82) is 0 Å². The summed E-state index contributed by atoms with van der Waals surface area (Å²) in [6.45, 7) is 0. The highest BCUT2D eigenvalue weighted by atomic mass is 32.2. The van der Waals surface area contributed by atoms with Crippen LogP contribution in [0.1, 0.15) is 0 Å². The van der Waals surface area contributed by atoms with E-state index in [1.54, 1.807) is 0 Å². The Morgan fingerprint density at radius 1 is 1.04 bits per heavy atom. The predicted molar refractivity (Wildman–Crippen MR) is 79.6 cm³/mol. The average molecular weight is 342 g/mol. The third kappa shape index (κ3) is 3.95. The second kappa shape index (κ2) is 6.61. The van der Waals surface area contributed by atoms with Crippen LogP contribution in [0.3, 0.4) is 0 Å². The van der Waals surface area contributed by atoms with Gasteiger partial charge in [-0.25, -0.2) is 22.0 Å². The highest BCUT2D eigenvalue weighted by molar-refractivity contribution is 7.92. The molecule has 0 fully saturated rings. The van der Waals surface area contributed by atoms with Crippen molar-refractivity contribution < 1.29 is 26.7 Å². The quantitative estimate of drug-likeness (QED) is 0.895. The number of methoxy groups -OCH3 is 1. The Labute approximate surface area is 131 Å². The van der Waals surface area contributed by atoms with Crippen LogP contribution >= 0.6 is 0 Å². The van der Waals surface area contributed by atoms with E-state index >= 15 is 0 Å². The number of anilines is 2. The lowest BCUT2D eigenvalue weighted by atomic mass is 10.3. The molecule has 0 radical (unpaired) electrons. The largest absolute Gasteiger partial charge is 0.453 e. The predicted octanol–water partition coefficient (Wildman–Crippen LogP) is 2.94. The fourth-order valence-corrected chi connectivity index (χ4v) is 2.96. The summed E-state index contributed by atoms with van der Waals surface area (Å²) in [6, 6.07) is 8.30. The van der Waals surface area contributed by atoms with Crippen molar-refractivity contribution in [3.05, 3.63) is 54.1 Å². The van der Waals surface area contributed by atoms with Gasteiger partial charge in [0.05, 0.1) is 12.8 Å². The molecule has 0 unspecified atom stereocenters. The fraction of sp³-hybridized carbons (Fsp3) is 0.0714. The van der Waals surface area contributed by atoms with Gasteiger partial charge in [0.25, 0.3) is 10.0 Å². The van der Waals surface area contributed by atoms with Crippen LogP contribution in [0.25, 0.3) is 0 Å². The first-order valence-corrected chi connectivity index (χ1v) is 7.73. The van der Waals surface area contributed by atoms with E-state index in [-0.39, 0.29) is 11.4 Å². The molecule has 0 heterocycles. The molecule has 2 N–H and O–H groups in total. The smallest absolute Gasteiger partial charge is 0.411 e. The van der Waals surface area contributed by atoms with Crippen LogP contribution in [0, 0.1) is 11.6 Å².